The second-order valence-corrected chi connectivity index (χ2v) is 8.49. The SMILES string of the molecule is CN1CCN(S(=O)(=O)c2ccc(NC(=O)Cc3ccccc3F)cc2)CC1. The number of piperazine rings is 1. The Balaban J connectivity index is 1.65. The number of carbonyl (C=O) groups excluding carboxylic acids is 1. The van der Waals surface area contributed by atoms with E-state index < -0.39 is 15.8 Å². The lowest BCUT2D eigenvalue weighted by Crippen LogP contribution is -2.46. The van der Waals surface area contributed by atoms with Crippen LogP contribution in [-0.4, -0.2) is 56.8 Å². The van der Waals surface area contributed by atoms with Crippen LogP contribution in [0.15, 0.2) is 53.4 Å². The summed E-state index contributed by atoms with van der Waals surface area (Å²) in [5.41, 5.74) is 0.776. The molecule has 1 heterocycles. The number of nitrogens with one attached hydrogen (secondary N) is 1. The second-order valence-electron chi connectivity index (χ2n) is 6.55. The maximum atomic E-state index is 13.6. The quantitative estimate of drug-likeness (QED) is 0.846. The molecule has 2 aromatic carbocycles. The minimum absolute atomic E-state index is 0.0893. The third kappa shape index (κ3) is 4.71. The number of hydrogen-bond donors (Lipinski definition) is 1. The van der Waals surface area contributed by atoms with Crippen LogP contribution >= 0.6 is 0 Å². The second kappa shape index (κ2) is 8.16. The molecule has 144 valence electrons. The number of sulfonamides is 1. The highest BCUT2D eigenvalue weighted by atomic mass is 32.2. The van der Waals surface area contributed by atoms with Gasteiger partial charge in [-0.25, -0.2) is 12.8 Å². The van der Waals surface area contributed by atoms with E-state index >= 15 is 0 Å². The van der Waals surface area contributed by atoms with E-state index in [0.717, 1.165) is 0 Å². The summed E-state index contributed by atoms with van der Waals surface area (Å²) in [6.45, 7) is 2.31. The fraction of sp³-hybridized carbons (Fsp3) is 0.316. The van der Waals surface area contributed by atoms with E-state index in [9.17, 15) is 17.6 Å². The van der Waals surface area contributed by atoms with Crippen molar-refractivity contribution in [1.82, 2.24) is 9.21 Å². The van der Waals surface area contributed by atoms with Crippen LogP contribution in [0.1, 0.15) is 5.56 Å². The van der Waals surface area contributed by atoms with Crippen LogP contribution in [-0.2, 0) is 21.2 Å². The van der Waals surface area contributed by atoms with Crippen LogP contribution in [0.4, 0.5) is 10.1 Å². The Hall–Kier alpha value is -2.29. The van der Waals surface area contributed by atoms with Gasteiger partial charge < -0.3 is 10.2 Å². The van der Waals surface area contributed by atoms with E-state index in [4.69, 9.17) is 0 Å². The van der Waals surface area contributed by atoms with Crippen LogP contribution in [0.5, 0.6) is 0 Å². The fourth-order valence-corrected chi connectivity index (χ4v) is 4.33. The number of amides is 1. The summed E-state index contributed by atoms with van der Waals surface area (Å²) < 4.78 is 40.5. The molecular weight excluding hydrogens is 369 g/mol. The molecule has 27 heavy (non-hydrogen) atoms. The van der Waals surface area contributed by atoms with Crippen molar-refractivity contribution in [3.63, 3.8) is 0 Å². The molecule has 0 spiro atoms. The molecule has 1 N–H and O–H groups in total. The van der Waals surface area contributed by atoms with Gasteiger partial charge in [-0.2, -0.15) is 4.31 Å². The van der Waals surface area contributed by atoms with Crippen molar-refractivity contribution in [1.29, 1.82) is 0 Å². The molecule has 8 heteroatoms. The Bertz CT molecular complexity index is 908. The third-order valence-corrected chi connectivity index (χ3v) is 6.46. The van der Waals surface area contributed by atoms with Crippen LogP contribution in [0.2, 0.25) is 0 Å². The van der Waals surface area contributed by atoms with Crippen molar-refractivity contribution < 1.29 is 17.6 Å². The molecule has 0 unspecified atom stereocenters. The minimum atomic E-state index is -3.54. The van der Waals surface area contributed by atoms with E-state index in [2.05, 4.69) is 10.2 Å². The monoisotopic (exact) mass is 391 g/mol. The van der Waals surface area contributed by atoms with Crippen LogP contribution < -0.4 is 5.32 Å². The number of likely N-dealkylation sites (N-methyl/N-ethyl adjacent to an activating group) is 1. The maximum Gasteiger partial charge on any atom is 0.243 e. The summed E-state index contributed by atoms with van der Waals surface area (Å²) >= 11 is 0. The first kappa shape index (κ1) is 19.5. The highest BCUT2D eigenvalue weighted by Crippen LogP contribution is 2.20. The molecule has 0 bridgehead atoms. The van der Waals surface area contributed by atoms with Crippen molar-refractivity contribution in [3.8, 4) is 0 Å². The third-order valence-electron chi connectivity index (χ3n) is 4.55. The topological polar surface area (TPSA) is 69.7 Å². The van der Waals surface area contributed by atoms with Gasteiger partial charge in [0.25, 0.3) is 0 Å². The lowest BCUT2D eigenvalue weighted by Gasteiger charge is -2.31. The molecule has 1 aliphatic heterocycles. The first-order valence-corrected chi connectivity index (χ1v) is 10.1. The van der Waals surface area contributed by atoms with Gasteiger partial charge >= 0.3 is 0 Å². The summed E-state index contributed by atoms with van der Waals surface area (Å²) in [6.07, 6.45) is -0.0893. The molecule has 0 radical (unpaired) electrons. The summed E-state index contributed by atoms with van der Waals surface area (Å²) in [7, 11) is -1.58. The Kier molecular flexibility index (Phi) is 5.88. The number of carbonyl (C=O) groups is 1. The van der Waals surface area contributed by atoms with Gasteiger partial charge in [0.15, 0.2) is 0 Å². The Labute approximate surface area is 158 Å². The Morgan fingerprint density at radius 1 is 1.04 bits per heavy atom. The number of nitrogens with zero attached hydrogens (tertiary/aromatic N) is 2. The van der Waals surface area contributed by atoms with E-state index in [1.807, 2.05) is 7.05 Å². The smallest absolute Gasteiger partial charge is 0.243 e. The predicted molar refractivity (Wildman–Crippen MR) is 101 cm³/mol. The molecule has 1 aliphatic rings. The summed E-state index contributed by atoms with van der Waals surface area (Å²) in [5, 5.41) is 2.66. The van der Waals surface area contributed by atoms with Crippen LogP contribution in [0.3, 0.4) is 0 Å². The van der Waals surface area contributed by atoms with Crippen LogP contribution in [0, 0.1) is 5.82 Å². The zero-order valence-electron chi connectivity index (χ0n) is 15.1. The van der Waals surface area contributed by atoms with E-state index in [-0.39, 0.29) is 17.2 Å². The van der Waals surface area contributed by atoms with Gasteiger partial charge in [0.05, 0.1) is 11.3 Å². The zero-order valence-corrected chi connectivity index (χ0v) is 15.9. The van der Waals surface area contributed by atoms with Crippen LogP contribution in [0.25, 0.3) is 0 Å². The average molecular weight is 391 g/mol. The molecule has 0 atom stereocenters. The Morgan fingerprint density at radius 2 is 1.67 bits per heavy atom. The largest absolute Gasteiger partial charge is 0.326 e. The van der Waals surface area contributed by atoms with Crippen molar-refractivity contribution >= 4 is 21.6 Å². The number of halogens is 1. The number of anilines is 1. The first-order chi connectivity index (χ1) is 12.9. The molecule has 2 aromatic rings. The fourth-order valence-electron chi connectivity index (χ4n) is 2.91. The van der Waals surface area contributed by atoms with Crippen molar-refractivity contribution in [2.24, 2.45) is 0 Å². The van der Waals surface area contributed by atoms with Gasteiger partial charge in [0.2, 0.25) is 15.9 Å². The van der Waals surface area contributed by atoms with E-state index in [1.54, 1.807) is 30.3 Å². The molecular formula is C19H22FN3O3S. The first-order valence-electron chi connectivity index (χ1n) is 8.68. The number of hydrogen-bond acceptors (Lipinski definition) is 4. The molecule has 0 aliphatic carbocycles. The van der Waals surface area contributed by atoms with Gasteiger partial charge in [-0.05, 0) is 42.9 Å². The molecule has 1 fully saturated rings. The lowest BCUT2D eigenvalue weighted by molar-refractivity contribution is -0.115. The summed E-state index contributed by atoms with van der Waals surface area (Å²) in [4.78, 5) is 14.4. The normalized spacial score (nSPS) is 16.2. The standard InChI is InChI=1S/C19H22FN3O3S/c1-22-10-12-23(13-11-22)27(25,26)17-8-6-16(7-9-17)21-19(24)14-15-4-2-3-5-18(15)20/h2-9H,10-14H2,1H3,(H,21,24). The average Bonchev–Trinajstić information content (AvgIpc) is 2.64. The molecule has 6 nitrogen and oxygen atoms in total. The van der Waals surface area contributed by atoms with Crippen molar-refractivity contribution in [2.45, 2.75) is 11.3 Å². The highest BCUT2D eigenvalue weighted by Gasteiger charge is 2.27. The lowest BCUT2D eigenvalue weighted by atomic mass is 10.1. The summed E-state index contributed by atoms with van der Waals surface area (Å²) in [6, 6.07) is 12.1. The molecule has 1 amide bonds. The number of benzene rings is 2. The van der Waals surface area contributed by atoms with Crippen molar-refractivity contribution in [3.05, 3.63) is 59.9 Å². The minimum Gasteiger partial charge on any atom is -0.326 e. The number of rotatable bonds is 5. The maximum absolute atomic E-state index is 13.6. The summed E-state index contributed by atoms with van der Waals surface area (Å²) in [5.74, 6) is -0.795. The van der Waals surface area contributed by atoms with E-state index in [0.29, 0.717) is 37.4 Å². The van der Waals surface area contributed by atoms with Crippen molar-refractivity contribution in [2.75, 3.05) is 38.5 Å². The predicted octanol–water partition coefficient (Wildman–Crippen LogP) is 1.94. The van der Waals surface area contributed by atoms with Gasteiger partial charge in [-0.3, -0.25) is 4.79 Å². The van der Waals surface area contributed by atoms with Gasteiger partial charge in [-0.1, -0.05) is 18.2 Å². The van der Waals surface area contributed by atoms with Gasteiger partial charge in [-0.15, -0.1) is 0 Å². The molecule has 1 saturated heterocycles. The zero-order chi connectivity index (χ0) is 19.4. The molecule has 0 aromatic heterocycles. The molecule has 0 saturated carbocycles. The van der Waals surface area contributed by atoms with Gasteiger partial charge in [0, 0.05) is 31.9 Å². The Morgan fingerprint density at radius 3 is 2.30 bits per heavy atom. The van der Waals surface area contributed by atoms with E-state index in [1.165, 1.54) is 22.5 Å². The highest BCUT2D eigenvalue weighted by molar-refractivity contribution is 7.89. The van der Waals surface area contributed by atoms with Gasteiger partial charge in [0.1, 0.15) is 5.82 Å². The molecule has 3 rings (SSSR count).